The summed E-state index contributed by atoms with van der Waals surface area (Å²) >= 11 is 11.0. The van der Waals surface area contributed by atoms with Crippen molar-refractivity contribution in [3.05, 3.63) is 75.0 Å². The molecule has 3 aromatic rings. The van der Waals surface area contributed by atoms with Gasteiger partial charge in [0.1, 0.15) is 0 Å². The van der Waals surface area contributed by atoms with Gasteiger partial charge < -0.3 is 0 Å². The van der Waals surface area contributed by atoms with Crippen LogP contribution >= 0.6 is 39.3 Å². The summed E-state index contributed by atoms with van der Waals surface area (Å²) in [5.41, 5.74) is 2.20. The smallest absolute Gasteiger partial charge is 0.191 e. The van der Waals surface area contributed by atoms with E-state index in [1.165, 1.54) is 5.56 Å². The van der Waals surface area contributed by atoms with E-state index in [4.69, 9.17) is 11.6 Å². The SMILES string of the molecule is CCCc1nnc(SCc2ccc(Cl)cc2)n1/N=C/c1cccc(Br)c1. The number of halogens is 2. The molecule has 0 radical (unpaired) electrons. The van der Waals surface area contributed by atoms with Crippen LogP contribution in [-0.4, -0.2) is 21.1 Å². The van der Waals surface area contributed by atoms with Crippen LogP contribution in [0.25, 0.3) is 0 Å². The average molecular weight is 450 g/mol. The highest BCUT2D eigenvalue weighted by Crippen LogP contribution is 2.23. The van der Waals surface area contributed by atoms with Crippen LogP contribution in [-0.2, 0) is 12.2 Å². The molecule has 0 bridgehead atoms. The van der Waals surface area contributed by atoms with Crippen LogP contribution in [0, 0.1) is 0 Å². The van der Waals surface area contributed by atoms with E-state index in [-0.39, 0.29) is 0 Å². The first kappa shape index (κ1) is 19.1. The summed E-state index contributed by atoms with van der Waals surface area (Å²) in [7, 11) is 0. The van der Waals surface area contributed by atoms with E-state index in [0.29, 0.717) is 0 Å². The first-order valence-electron chi connectivity index (χ1n) is 8.27. The minimum atomic E-state index is 0.741. The van der Waals surface area contributed by atoms with Gasteiger partial charge in [0.15, 0.2) is 5.82 Å². The lowest BCUT2D eigenvalue weighted by molar-refractivity contribution is 0.700. The van der Waals surface area contributed by atoms with Crippen molar-refractivity contribution in [2.24, 2.45) is 5.10 Å². The second kappa shape index (κ2) is 9.35. The van der Waals surface area contributed by atoms with E-state index >= 15 is 0 Å². The van der Waals surface area contributed by atoms with E-state index < -0.39 is 0 Å². The molecule has 0 atom stereocenters. The predicted octanol–water partition coefficient (Wildman–Crippen LogP) is 5.82. The predicted molar refractivity (Wildman–Crippen MR) is 112 cm³/mol. The first-order chi connectivity index (χ1) is 12.7. The normalized spacial score (nSPS) is 11.3. The Morgan fingerprint density at radius 2 is 2.00 bits per heavy atom. The molecule has 0 unspecified atom stereocenters. The largest absolute Gasteiger partial charge is 0.212 e. The molecule has 26 heavy (non-hydrogen) atoms. The molecule has 1 heterocycles. The van der Waals surface area contributed by atoms with Gasteiger partial charge in [0, 0.05) is 21.7 Å². The minimum Gasteiger partial charge on any atom is -0.191 e. The van der Waals surface area contributed by atoms with Crippen molar-refractivity contribution in [3.63, 3.8) is 0 Å². The molecule has 0 aliphatic rings. The Balaban J connectivity index is 1.80. The molecule has 0 amide bonds. The van der Waals surface area contributed by atoms with Crippen molar-refractivity contribution in [2.45, 2.75) is 30.7 Å². The molecule has 4 nitrogen and oxygen atoms in total. The summed E-state index contributed by atoms with van der Waals surface area (Å²) in [6.45, 7) is 2.12. The number of aryl methyl sites for hydroxylation is 1. The van der Waals surface area contributed by atoms with Gasteiger partial charge in [0.2, 0.25) is 5.16 Å². The van der Waals surface area contributed by atoms with Crippen LogP contribution in [0.1, 0.15) is 30.3 Å². The van der Waals surface area contributed by atoms with Gasteiger partial charge >= 0.3 is 0 Å². The van der Waals surface area contributed by atoms with Gasteiger partial charge in [-0.25, -0.2) is 0 Å². The summed E-state index contributed by atoms with van der Waals surface area (Å²) < 4.78 is 2.86. The highest BCUT2D eigenvalue weighted by atomic mass is 79.9. The maximum absolute atomic E-state index is 5.95. The Hall–Kier alpha value is -1.63. The van der Waals surface area contributed by atoms with Gasteiger partial charge in [-0.05, 0) is 41.8 Å². The third-order valence-electron chi connectivity index (χ3n) is 3.60. The molecule has 0 fully saturated rings. The number of hydrogen-bond donors (Lipinski definition) is 0. The Kier molecular flexibility index (Phi) is 6.88. The number of hydrogen-bond acceptors (Lipinski definition) is 4. The fraction of sp³-hybridized carbons (Fsp3) is 0.211. The van der Waals surface area contributed by atoms with Crippen LogP contribution < -0.4 is 0 Å². The van der Waals surface area contributed by atoms with Crippen LogP contribution in [0.2, 0.25) is 5.02 Å². The molecule has 0 N–H and O–H groups in total. The van der Waals surface area contributed by atoms with Crippen LogP contribution in [0.15, 0.2) is 63.3 Å². The van der Waals surface area contributed by atoms with Crippen molar-refractivity contribution in [1.82, 2.24) is 14.9 Å². The Labute approximate surface area is 170 Å². The van der Waals surface area contributed by atoms with Crippen molar-refractivity contribution in [3.8, 4) is 0 Å². The lowest BCUT2D eigenvalue weighted by Crippen LogP contribution is -2.00. The number of rotatable bonds is 7. The maximum Gasteiger partial charge on any atom is 0.212 e. The number of thioether (sulfide) groups is 1. The van der Waals surface area contributed by atoms with Gasteiger partial charge in [-0.15, -0.1) is 10.2 Å². The molecule has 0 saturated heterocycles. The van der Waals surface area contributed by atoms with E-state index in [1.54, 1.807) is 11.8 Å². The molecule has 0 aliphatic heterocycles. The van der Waals surface area contributed by atoms with Crippen LogP contribution in [0.3, 0.4) is 0 Å². The second-order valence-electron chi connectivity index (χ2n) is 5.68. The van der Waals surface area contributed by atoms with Gasteiger partial charge in [0.25, 0.3) is 0 Å². The van der Waals surface area contributed by atoms with Gasteiger partial charge in [-0.2, -0.15) is 9.78 Å². The molecule has 7 heteroatoms. The molecule has 0 aliphatic carbocycles. The lowest BCUT2D eigenvalue weighted by Gasteiger charge is -2.04. The summed E-state index contributed by atoms with van der Waals surface area (Å²) in [6, 6.07) is 15.9. The average Bonchev–Trinajstić information content (AvgIpc) is 3.02. The van der Waals surface area contributed by atoms with Gasteiger partial charge in [-0.1, -0.05) is 70.5 Å². The fourth-order valence-electron chi connectivity index (χ4n) is 2.32. The highest BCUT2D eigenvalue weighted by Gasteiger charge is 2.11. The van der Waals surface area contributed by atoms with Crippen molar-refractivity contribution in [2.75, 3.05) is 0 Å². The van der Waals surface area contributed by atoms with Crippen LogP contribution in [0.5, 0.6) is 0 Å². The van der Waals surface area contributed by atoms with Crippen molar-refractivity contribution < 1.29 is 0 Å². The minimum absolute atomic E-state index is 0.741. The third kappa shape index (κ3) is 5.19. The monoisotopic (exact) mass is 448 g/mol. The third-order valence-corrected chi connectivity index (χ3v) is 5.34. The molecular formula is C19H18BrClN4S. The Morgan fingerprint density at radius 1 is 1.19 bits per heavy atom. The summed E-state index contributed by atoms with van der Waals surface area (Å²) in [6.07, 6.45) is 3.66. The second-order valence-corrected chi connectivity index (χ2v) is 7.97. The number of aromatic nitrogens is 3. The Bertz CT molecular complexity index is 893. The zero-order valence-corrected chi connectivity index (χ0v) is 17.4. The summed E-state index contributed by atoms with van der Waals surface area (Å²) in [5.74, 6) is 1.66. The lowest BCUT2D eigenvalue weighted by atomic mass is 10.2. The molecule has 2 aromatic carbocycles. The highest BCUT2D eigenvalue weighted by molar-refractivity contribution is 9.10. The van der Waals surface area contributed by atoms with Crippen molar-refractivity contribution >= 4 is 45.5 Å². The first-order valence-corrected chi connectivity index (χ1v) is 10.4. The molecule has 3 rings (SSSR count). The van der Waals surface area contributed by atoms with Crippen LogP contribution in [0.4, 0.5) is 0 Å². The Morgan fingerprint density at radius 3 is 2.73 bits per heavy atom. The molecule has 0 saturated carbocycles. The van der Waals surface area contributed by atoms with Gasteiger partial charge in [0.05, 0.1) is 6.21 Å². The summed E-state index contributed by atoms with van der Waals surface area (Å²) in [5, 5.41) is 14.8. The van der Waals surface area contributed by atoms with Gasteiger partial charge in [-0.3, -0.25) is 0 Å². The van der Waals surface area contributed by atoms with E-state index in [9.17, 15) is 0 Å². The van der Waals surface area contributed by atoms with E-state index in [1.807, 2.05) is 59.4 Å². The standard InChI is InChI=1S/C19H18BrClN4S/c1-2-4-18-23-24-19(26-13-14-7-9-17(21)10-8-14)25(18)22-12-15-5-3-6-16(20)11-15/h3,5-12H,2,4,13H2,1H3/b22-12+. The molecule has 1 aromatic heterocycles. The summed E-state index contributed by atoms with van der Waals surface area (Å²) in [4.78, 5) is 0. The fourth-order valence-corrected chi connectivity index (χ4v) is 3.73. The molecule has 0 spiro atoms. The maximum atomic E-state index is 5.95. The van der Waals surface area contributed by atoms with E-state index in [0.717, 1.165) is 44.6 Å². The number of nitrogens with zero attached hydrogens (tertiary/aromatic N) is 4. The van der Waals surface area contributed by atoms with Crippen molar-refractivity contribution in [1.29, 1.82) is 0 Å². The molecular weight excluding hydrogens is 432 g/mol. The number of benzene rings is 2. The zero-order chi connectivity index (χ0) is 18.4. The topological polar surface area (TPSA) is 43.1 Å². The molecule has 134 valence electrons. The van der Waals surface area contributed by atoms with E-state index in [2.05, 4.69) is 38.2 Å². The zero-order valence-electron chi connectivity index (χ0n) is 14.3. The quantitative estimate of drug-likeness (QED) is 0.337.